The van der Waals surface area contributed by atoms with E-state index in [4.69, 9.17) is 17.0 Å². The monoisotopic (exact) mass is 308 g/mol. The topological polar surface area (TPSA) is 85.8 Å². The predicted octanol–water partition coefficient (Wildman–Crippen LogP) is 0.412. The molecule has 0 atom stereocenters. The fourth-order valence-corrected chi connectivity index (χ4v) is 1.71. The molecule has 1 aromatic carbocycles. The molecule has 0 aromatic heterocycles. The maximum atomic E-state index is 10.3. The van der Waals surface area contributed by atoms with Crippen molar-refractivity contribution in [1.82, 2.24) is 10.7 Å². The number of hydrogen-bond acceptors (Lipinski definition) is 5. The van der Waals surface area contributed by atoms with Crippen LogP contribution in [0.3, 0.4) is 0 Å². The predicted molar refractivity (Wildman–Crippen MR) is 83.2 cm³/mol. The van der Waals surface area contributed by atoms with Crippen molar-refractivity contribution in [3.63, 3.8) is 0 Å². The Balaban J connectivity index is 2.59. The molecule has 0 heterocycles. The number of carboxylic acid groups (broad SMARTS) is 1. The number of ether oxygens (including phenoxy) is 1. The number of nitrogens with zero attached hydrogens (tertiary/aromatic N) is 1. The minimum Gasteiger partial charge on any atom is -0.546 e. The van der Waals surface area contributed by atoms with Gasteiger partial charge in [0.1, 0.15) is 12.4 Å². The summed E-state index contributed by atoms with van der Waals surface area (Å²) in [5, 5.41) is 17.9. The van der Waals surface area contributed by atoms with E-state index in [0.717, 1.165) is 11.3 Å². The van der Waals surface area contributed by atoms with Gasteiger partial charge in [0.2, 0.25) is 0 Å². The van der Waals surface area contributed by atoms with Crippen molar-refractivity contribution in [3.05, 3.63) is 29.8 Å². The van der Waals surface area contributed by atoms with Crippen LogP contribution in [0.25, 0.3) is 0 Å². The Morgan fingerprint density at radius 2 is 2.00 bits per heavy atom. The molecular weight excluding hydrogens is 290 g/mol. The zero-order valence-corrected chi connectivity index (χ0v) is 13.0. The number of rotatable bonds is 6. The highest BCUT2D eigenvalue weighted by Gasteiger charge is 2.01. The molecule has 6 nitrogen and oxygen atoms in total. The smallest absolute Gasteiger partial charge is 0.187 e. The van der Waals surface area contributed by atoms with Crippen LogP contribution in [-0.4, -0.2) is 29.4 Å². The Hall–Kier alpha value is -2.15. The van der Waals surface area contributed by atoms with Crippen LogP contribution in [0.2, 0.25) is 0 Å². The highest BCUT2D eigenvalue weighted by Crippen LogP contribution is 2.12. The average Bonchev–Trinajstić information content (AvgIpc) is 2.42. The third-order valence-corrected chi connectivity index (χ3v) is 2.58. The zero-order valence-electron chi connectivity index (χ0n) is 12.2. The van der Waals surface area contributed by atoms with Crippen LogP contribution in [0.5, 0.6) is 5.75 Å². The number of hydrogen-bond donors (Lipinski definition) is 2. The molecule has 0 saturated carbocycles. The Bertz CT molecular complexity index is 527. The number of carboxylic acids is 1. The van der Waals surface area contributed by atoms with E-state index in [1.807, 2.05) is 20.8 Å². The van der Waals surface area contributed by atoms with Crippen LogP contribution < -0.4 is 20.6 Å². The standard InChI is InChI=1S/C14H19N3O3S/c1-9(2)15-14(21)17-16-10(3)11-4-6-12(7-5-11)20-8-13(18)19/h4-7,9H,8H2,1-3H3,(H,18,19)(H2,15,17,21)/p-1/b16-10-. The van der Waals surface area contributed by atoms with Gasteiger partial charge in [-0.15, -0.1) is 0 Å². The van der Waals surface area contributed by atoms with Crippen molar-refractivity contribution in [2.75, 3.05) is 6.61 Å². The summed E-state index contributed by atoms with van der Waals surface area (Å²) in [5.41, 5.74) is 4.37. The second-order valence-electron chi connectivity index (χ2n) is 4.62. The number of thiocarbonyl (C=S) groups is 1. The molecule has 0 unspecified atom stereocenters. The number of nitrogens with one attached hydrogen (secondary N) is 2. The van der Waals surface area contributed by atoms with Crippen molar-refractivity contribution in [2.24, 2.45) is 5.10 Å². The molecule has 0 aliphatic rings. The molecule has 0 fully saturated rings. The lowest BCUT2D eigenvalue weighted by molar-refractivity contribution is -0.307. The molecule has 0 saturated heterocycles. The minimum atomic E-state index is -1.26. The third-order valence-electron chi connectivity index (χ3n) is 2.37. The van der Waals surface area contributed by atoms with Gasteiger partial charge in [-0.3, -0.25) is 5.43 Å². The molecule has 0 radical (unpaired) electrons. The number of carbonyl (C=O) groups excluding carboxylic acids is 1. The molecule has 0 aliphatic carbocycles. The molecule has 7 heteroatoms. The number of carbonyl (C=O) groups is 1. The molecule has 0 spiro atoms. The molecule has 0 bridgehead atoms. The van der Waals surface area contributed by atoms with Crippen LogP contribution in [0.15, 0.2) is 29.4 Å². The van der Waals surface area contributed by atoms with E-state index in [1.54, 1.807) is 24.3 Å². The second-order valence-corrected chi connectivity index (χ2v) is 5.03. The quantitative estimate of drug-likeness (QED) is 0.450. The first-order valence-corrected chi connectivity index (χ1v) is 6.83. The summed E-state index contributed by atoms with van der Waals surface area (Å²) in [6, 6.07) is 7.14. The van der Waals surface area contributed by atoms with Gasteiger partial charge in [-0.1, -0.05) is 0 Å². The van der Waals surface area contributed by atoms with Gasteiger partial charge in [0.25, 0.3) is 0 Å². The lowest BCUT2D eigenvalue weighted by Gasteiger charge is -2.11. The van der Waals surface area contributed by atoms with E-state index in [2.05, 4.69) is 15.8 Å². The molecule has 1 aromatic rings. The normalized spacial score (nSPS) is 11.1. The van der Waals surface area contributed by atoms with Gasteiger partial charge in [0, 0.05) is 6.04 Å². The summed E-state index contributed by atoms with van der Waals surface area (Å²) in [6.45, 7) is 5.33. The molecule has 114 valence electrons. The Labute approximate surface area is 129 Å². The van der Waals surface area contributed by atoms with E-state index < -0.39 is 12.6 Å². The van der Waals surface area contributed by atoms with E-state index in [-0.39, 0.29) is 6.04 Å². The van der Waals surface area contributed by atoms with Gasteiger partial charge in [-0.25, -0.2) is 0 Å². The van der Waals surface area contributed by atoms with Crippen molar-refractivity contribution in [3.8, 4) is 5.75 Å². The molecule has 21 heavy (non-hydrogen) atoms. The van der Waals surface area contributed by atoms with Gasteiger partial charge in [-0.2, -0.15) is 5.10 Å². The summed E-state index contributed by atoms with van der Waals surface area (Å²) in [6.07, 6.45) is 0. The number of hydrazone groups is 1. The highest BCUT2D eigenvalue weighted by molar-refractivity contribution is 7.80. The summed E-state index contributed by atoms with van der Waals surface area (Å²) in [4.78, 5) is 10.3. The van der Waals surface area contributed by atoms with Gasteiger partial charge >= 0.3 is 0 Å². The van der Waals surface area contributed by atoms with Crippen molar-refractivity contribution in [1.29, 1.82) is 0 Å². The van der Waals surface area contributed by atoms with Gasteiger partial charge in [-0.05, 0) is 62.8 Å². The molecule has 2 N–H and O–H groups in total. The molecule has 0 aliphatic heterocycles. The molecule has 0 amide bonds. The van der Waals surface area contributed by atoms with Gasteiger partial charge in [0.15, 0.2) is 5.11 Å². The Morgan fingerprint density at radius 1 is 1.38 bits per heavy atom. The number of aliphatic carboxylic acids is 1. The summed E-state index contributed by atoms with van der Waals surface area (Å²) in [5.74, 6) is -0.798. The lowest BCUT2D eigenvalue weighted by atomic mass is 10.1. The third kappa shape index (κ3) is 6.71. The van der Waals surface area contributed by atoms with E-state index in [9.17, 15) is 9.90 Å². The SMILES string of the molecule is C/C(=N/NC(=S)NC(C)C)c1ccc(OCC(=O)[O-])cc1. The van der Waals surface area contributed by atoms with Crippen molar-refractivity contribution < 1.29 is 14.6 Å². The largest absolute Gasteiger partial charge is 0.546 e. The molecular formula is C14H18N3O3S-. The second kappa shape index (κ2) is 8.21. The van der Waals surface area contributed by atoms with E-state index in [1.165, 1.54) is 0 Å². The van der Waals surface area contributed by atoms with Crippen LogP contribution in [0, 0.1) is 0 Å². The number of benzene rings is 1. The zero-order chi connectivity index (χ0) is 15.8. The average molecular weight is 308 g/mol. The Kier molecular flexibility index (Phi) is 6.61. The lowest BCUT2D eigenvalue weighted by Crippen LogP contribution is -2.37. The van der Waals surface area contributed by atoms with Crippen LogP contribution in [-0.2, 0) is 4.79 Å². The van der Waals surface area contributed by atoms with Crippen molar-refractivity contribution >= 4 is 29.0 Å². The fourth-order valence-electron chi connectivity index (χ4n) is 1.43. The van der Waals surface area contributed by atoms with Crippen LogP contribution >= 0.6 is 12.2 Å². The van der Waals surface area contributed by atoms with E-state index >= 15 is 0 Å². The first-order valence-electron chi connectivity index (χ1n) is 6.42. The maximum absolute atomic E-state index is 10.3. The molecule has 1 rings (SSSR count). The van der Waals surface area contributed by atoms with Crippen LogP contribution in [0.1, 0.15) is 26.3 Å². The van der Waals surface area contributed by atoms with Crippen molar-refractivity contribution in [2.45, 2.75) is 26.8 Å². The summed E-state index contributed by atoms with van der Waals surface area (Å²) < 4.78 is 5.00. The van der Waals surface area contributed by atoms with E-state index in [0.29, 0.717) is 10.9 Å². The fraction of sp³-hybridized carbons (Fsp3) is 0.357. The van der Waals surface area contributed by atoms with Crippen LogP contribution in [0.4, 0.5) is 0 Å². The highest BCUT2D eigenvalue weighted by atomic mass is 32.1. The first kappa shape index (κ1) is 16.9. The Morgan fingerprint density at radius 3 is 2.52 bits per heavy atom. The minimum absolute atomic E-state index is 0.237. The maximum Gasteiger partial charge on any atom is 0.187 e. The summed E-state index contributed by atoms with van der Waals surface area (Å²) >= 11 is 5.07. The first-order chi connectivity index (χ1) is 9.88. The summed E-state index contributed by atoms with van der Waals surface area (Å²) in [7, 11) is 0. The van der Waals surface area contributed by atoms with Gasteiger partial charge in [0.05, 0.1) is 11.7 Å². The van der Waals surface area contributed by atoms with Gasteiger partial charge < -0.3 is 20.0 Å².